The van der Waals surface area contributed by atoms with Gasteiger partial charge in [0.15, 0.2) is 0 Å². The van der Waals surface area contributed by atoms with Crippen LogP contribution in [0.1, 0.15) is 35.8 Å². The summed E-state index contributed by atoms with van der Waals surface area (Å²) in [6.07, 6.45) is -0.358. The van der Waals surface area contributed by atoms with E-state index < -0.39 is 0 Å². The van der Waals surface area contributed by atoms with E-state index in [0.717, 1.165) is 43.3 Å². The Kier molecular flexibility index (Phi) is 10.7. The predicted molar refractivity (Wildman–Crippen MR) is 152 cm³/mol. The molecule has 1 aliphatic heterocycles. The summed E-state index contributed by atoms with van der Waals surface area (Å²) < 4.78 is 11.5. The molecule has 202 valence electrons. The average Bonchev–Trinajstić information content (AvgIpc) is 2.96. The minimum absolute atomic E-state index is 0.00905. The molecule has 3 aromatic carbocycles. The monoisotopic (exact) mass is 535 g/mol. The Morgan fingerprint density at radius 2 is 1.45 bits per heavy atom. The van der Waals surface area contributed by atoms with Crippen molar-refractivity contribution in [2.45, 2.75) is 25.1 Å². The molecule has 1 aliphatic rings. The van der Waals surface area contributed by atoms with Crippen molar-refractivity contribution in [3.8, 4) is 0 Å². The van der Waals surface area contributed by atoms with E-state index in [1.54, 1.807) is 0 Å². The maximum absolute atomic E-state index is 12.5. The summed E-state index contributed by atoms with van der Waals surface area (Å²) in [5.74, 6) is -0.348. The van der Waals surface area contributed by atoms with E-state index in [-0.39, 0.29) is 30.8 Å². The van der Waals surface area contributed by atoms with Gasteiger partial charge in [0.1, 0.15) is 12.7 Å². The van der Waals surface area contributed by atoms with E-state index in [9.17, 15) is 4.79 Å². The van der Waals surface area contributed by atoms with Gasteiger partial charge < -0.3 is 14.8 Å². The number of likely N-dealkylation sites (N-methyl/N-ethyl adjacent to an activating group) is 1. The molecule has 0 spiro atoms. The van der Waals surface area contributed by atoms with Gasteiger partial charge in [-0.05, 0) is 42.8 Å². The normalized spacial score (nSPS) is 17.0. The van der Waals surface area contributed by atoms with Gasteiger partial charge >= 0.3 is 5.97 Å². The molecule has 0 aliphatic carbocycles. The van der Waals surface area contributed by atoms with Gasteiger partial charge in [-0.3, -0.25) is 9.80 Å². The Morgan fingerprint density at radius 3 is 2.05 bits per heavy atom. The molecule has 0 bridgehead atoms. The smallest absolute Gasteiger partial charge is 0.332 e. The lowest BCUT2D eigenvalue weighted by Gasteiger charge is -2.39. The highest BCUT2D eigenvalue weighted by Gasteiger charge is 2.26. The van der Waals surface area contributed by atoms with Crippen molar-refractivity contribution < 1.29 is 14.3 Å². The quantitative estimate of drug-likeness (QED) is 0.261. The number of carbonyl (C=O) groups excluding carboxylic acids is 1. The van der Waals surface area contributed by atoms with E-state index in [1.807, 2.05) is 56.4 Å². The number of carbonyl (C=O) groups is 1. The number of halogens is 1. The molecule has 4 rings (SSSR count). The molecular formula is C31H38ClN3O3. The molecule has 0 saturated carbocycles. The number of rotatable bonds is 12. The van der Waals surface area contributed by atoms with E-state index in [2.05, 4.69) is 57.6 Å². The first-order valence-electron chi connectivity index (χ1n) is 13.3. The summed E-state index contributed by atoms with van der Waals surface area (Å²) in [5.41, 5.74) is 3.50. The van der Waals surface area contributed by atoms with Gasteiger partial charge in [-0.25, -0.2) is 4.79 Å². The molecular weight excluding hydrogens is 498 g/mol. The van der Waals surface area contributed by atoms with Crippen LogP contribution in [0.15, 0.2) is 84.9 Å². The van der Waals surface area contributed by atoms with Crippen LogP contribution in [0.3, 0.4) is 0 Å². The molecule has 0 aromatic heterocycles. The van der Waals surface area contributed by atoms with Crippen LogP contribution in [-0.4, -0.2) is 74.8 Å². The summed E-state index contributed by atoms with van der Waals surface area (Å²) in [6, 6.07) is 28.8. The lowest BCUT2D eigenvalue weighted by atomic mass is 9.96. The van der Waals surface area contributed by atoms with Crippen LogP contribution in [0.5, 0.6) is 0 Å². The molecule has 0 radical (unpaired) electrons. The Bertz CT molecular complexity index is 1110. The second kappa shape index (κ2) is 14.4. The molecule has 1 N–H and O–H groups in total. The van der Waals surface area contributed by atoms with E-state index in [0.29, 0.717) is 6.61 Å². The van der Waals surface area contributed by atoms with Gasteiger partial charge in [0.25, 0.3) is 0 Å². The first-order valence-corrected chi connectivity index (χ1v) is 13.7. The fourth-order valence-electron chi connectivity index (χ4n) is 4.92. The van der Waals surface area contributed by atoms with Gasteiger partial charge in [-0.1, -0.05) is 84.4 Å². The zero-order valence-electron chi connectivity index (χ0n) is 22.3. The lowest BCUT2D eigenvalue weighted by Crippen LogP contribution is -2.48. The first-order chi connectivity index (χ1) is 18.5. The molecule has 1 heterocycles. The van der Waals surface area contributed by atoms with E-state index in [1.165, 1.54) is 11.1 Å². The van der Waals surface area contributed by atoms with Crippen LogP contribution in [0.2, 0.25) is 5.02 Å². The zero-order chi connectivity index (χ0) is 26.7. The number of esters is 1. The molecule has 3 aromatic rings. The van der Waals surface area contributed by atoms with Gasteiger partial charge in [-0.15, -0.1) is 0 Å². The van der Waals surface area contributed by atoms with Gasteiger partial charge in [0, 0.05) is 43.8 Å². The molecule has 38 heavy (non-hydrogen) atoms. The minimum Gasteiger partial charge on any atom is -0.454 e. The minimum atomic E-state index is -0.358. The molecule has 0 amide bonds. The Labute approximate surface area is 231 Å². The molecule has 6 nitrogen and oxygen atoms in total. The summed E-state index contributed by atoms with van der Waals surface area (Å²) in [5, 5.41) is 3.93. The Hall–Kier alpha value is -2.74. The number of hydrogen-bond acceptors (Lipinski definition) is 6. The number of benzene rings is 3. The van der Waals surface area contributed by atoms with Crippen LogP contribution < -0.4 is 5.32 Å². The van der Waals surface area contributed by atoms with Crippen molar-refractivity contribution >= 4 is 17.6 Å². The number of hydrogen-bond donors (Lipinski definition) is 1. The number of nitrogens with zero attached hydrogens (tertiary/aromatic N) is 2. The highest BCUT2D eigenvalue weighted by Crippen LogP contribution is 2.30. The summed E-state index contributed by atoms with van der Waals surface area (Å²) in [4.78, 5) is 17.4. The first kappa shape index (κ1) is 28.3. The van der Waals surface area contributed by atoms with Crippen LogP contribution in [0.4, 0.5) is 0 Å². The molecule has 3 unspecified atom stereocenters. The number of ether oxygens (including phenoxy) is 2. The van der Waals surface area contributed by atoms with Crippen LogP contribution >= 0.6 is 11.6 Å². The predicted octanol–water partition coefficient (Wildman–Crippen LogP) is 4.96. The Morgan fingerprint density at radius 1 is 0.868 bits per heavy atom. The van der Waals surface area contributed by atoms with Gasteiger partial charge in [0.05, 0.1) is 12.6 Å². The van der Waals surface area contributed by atoms with E-state index in [4.69, 9.17) is 21.1 Å². The maximum Gasteiger partial charge on any atom is 0.332 e. The van der Waals surface area contributed by atoms with Crippen molar-refractivity contribution in [2.75, 3.05) is 53.0 Å². The van der Waals surface area contributed by atoms with Crippen molar-refractivity contribution in [2.24, 2.45) is 0 Å². The maximum atomic E-state index is 12.5. The van der Waals surface area contributed by atoms with E-state index >= 15 is 0 Å². The van der Waals surface area contributed by atoms with Crippen LogP contribution in [0, 0.1) is 0 Å². The number of piperazine rings is 1. The van der Waals surface area contributed by atoms with Crippen molar-refractivity contribution in [3.05, 3.63) is 107 Å². The van der Waals surface area contributed by atoms with Crippen molar-refractivity contribution in [3.63, 3.8) is 0 Å². The van der Waals surface area contributed by atoms with Crippen molar-refractivity contribution in [1.82, 2.24) is 15.1 Å². The molecule has 1 saturated heterocycles. The van der Waals surface area contributed by atoms with Crippen molar-refractivity contribution in [1.29, 1.82) is 0 Å². The number of nitrogens with one attached hydrogen (secondary N) is 1. The van der Waals surface area contributed by atoms with Gasteiger partial charge in [-0.2, -0.15) is 0 Å². The largest absolute Gasteiger partial charge is 0.454 e. The summed E-state index contributed by atoms with van der Waals surface area (Å²) in [6.45, 7) is 7.02. The molecule has 3 atom stereocenters. The standard InChI is InChI=1S/C31H38ClN3O3/c1-24(33-2)31(27-11-7-4-8-12-27)38-29(36)23-37-22-21-34-17-19-35(20-18-34)30(25-9-5-3-6-10-25)26-13-15-28(32)16-14-26/h3-16,24,30-31,33H,17-23H2,1-2H3. The summed E-state index contributed by atoms with van der Waals surface area (Å²) >= 11 is 6.16. The topological polar surface area (TPSA) is 54.0 Å². The average molecular weight is 536 g/mol. The fourth-order valence-corrected chi connectivity index (χ4v) is 5.04. The third kappa shape index (κ3) is 7.88. The second-order valence-corrected chi connectivity index (χ2v) is 10.1. The summed E-state index contributed by atoms with van der Waals surface area (Å²) in [7, 11) is 1.86. The molecule has 7 heteroatoms. The third-order valence-corrected chi connectivity index (χ3v) is 7.39. The Balaban J connectivity index is 1.23. The highest BCUT2D eigenvalue weighted by molar-refractivity contribution is 6.30. The van der Waals surface area contributed by atoms with Crippen LogP contribution in [-0.2, 0) is 14.3 Å². The van der Waals surface area contributed by atoms with Gasteiger partial charge in [0.2, 0.25) is 0 Å². The highest BCUT2D eigenvalue weighted by atomic mass is 35.5. The SMILES string of the molecule is CNC(C)C(OC(=O)COCCN1CCN(C(c2ccccc2)c2ccc(Cl)cc2)CC1)c1ccccc1. The van der Waals surface area contributed by atoms with Crippen LogP contribution in [0.25, 0.3) is 0 Å². The third-order valence-electron chi connectivity index (χ3n) is 7.14. The fraction of sp³-hybridized carbons (Fsp3) is 0.387. The second-order valence-electron chi connectivity index (χ2n) is 9.69. The zero-order valence-corrected chi connectivity index (χ0v) is 23.0. The molecule has 1 fully saturated rings. The lowest BCUT2D eigenvalue weighted by molar-refractivity contribution is -0.156.